The van der Waals surface area contributed by atoms with Gasteiger partial charge in [-0.1, -0.05) is 23.4 Å². The molecule has 0 saturated carbocycles. The topological polar surface area (TPSA) is 64.4 Å². The third kappa shape index (κ3) is 4.24. The number of aromatic nitrogens is 1. The van der Waals surface area contributed by atoms with Crippen molar-refractivity contribution in [3.05, 3.63) is 82.7 Å². The highest BCUT2D eigenvalue weighted by molar-refractivity contribution is 5.93. The molecule has 1 aromatic heterocycles. The predicted molar refractivity (Wildman–Crippen MR) is 89.5 cm³/mol. The Balaban J connectivity index is 1.66. The van der Waals surface area contributed by atoms with Gasteiger partial charge in [-0.2, -0.15) is 0 Å². The number of amides is 1. The average molecular weight is 358 g/mol. The number of nitrogens with zero attached hydrogens (tertiary/aromatic N) is 1. The highest BCUT2D eigenvalue weighted by atomic mass is 19.1. The molecule has 0 bridgehead atoms. The molecule has 0 aliphatic rings. The van der Waals surface area contributed by atoms with E-state index in [1.54, 1.807) is 25.1 Å². The van der Waals surface area contributed by atoms with Crippen molar-refractivity contribution in [1.29, 1.82) is 0 Å². The number of benzene rings is 2. The molecule has 0 aliphatic heterocycles. The lowest BCUT2D eigenvalue weighted by Gasteiger charge is -2.07. The number of carbonyl (C=O) groups excluding carboxylic acids is 1. The highest BCUT2D eigenvalue weighted by Gasteiger charge is 2.20. The Labute approximate surface area is 148 Å². The highest BCUT2D eigenvalue weighted by Crippen LogP contribution is 2.18. The second-order valence-corrected chi connectivity index (χ2v) is 5.62. The summed E-state index contributed by atoms with van der Waals surface area (Å²) < 4.78 is 36.7. The molecule has 26 heavy (non-hydrogen) atoms. The average Bonchev–Trinajstić information content (AvgIpc) is 3.00. The van der Waals surface area contributed by atoms with Crippen molar-refractivity contribution >= 4 is 5.91 Å². The van der Waals surface area contributed by atoms with E-state index in [2.05, 4.69) is 10.5 Å². The lowest BCUT2D eigenvalue weighted by atomic mass is 10.2. The van der Waals surface area contributed by atoms with E-state index < -0.39 is 11.7 Å². The van der Waals surface area contributed by atoms with Crippen molar-refractivity contribution < 1.29 is 22.8 Å². The number of hydrogen-bond donors (Lipinski definition) is 1. The lowest BCUT2D eigenvalue weighted by molar-refractivity contribution is 0.0939. The van der Waals surface area contributed by atoms with Crippen LogP contribution in [0.4, 0.5) is 8.78 Å². The maximum atomic E-state index is 13.2. The van der Waals surface area contributed by atoms with Crippen molar-refractivity contribution in [3.8, 4) is 5.75 Å². The van der Waals surface area contributed by atoms with Gasteiger partial charge >= 0.3 is 0 Å². The first-order chi connectivity index (χ1) is 12.5. The van der Waals surface area contributed by atoms with Crippen molar-refractivity contribution in [1.82, 2.24) is 10.5 Å². The summed E-state index contributed by atoms with van der Waals surface area (Å²) >= 11 is 0. The number of carbonyl (C=O) groups is 1. The van der Waals surface area contributed by atoms with Crippen molar-refractivity contribution in [2.75, 3.05) is 0 Å². The van der Waals surface area contributed by atoms with Gasteiger partial charge in [-0.3, -0.25) is 4.79 Å². The van der Waals surface area contributed by atoms with E-state index in [0.717, 1.165) is 5.56 Å². The molecule has 1 N–H and O–H groups in total. The monoisotopic (exact) mass is 358 g/mol. The Bertz CT molecular complexity index is 907. The van der Waals surface area contributed by atoms with Gasteiger partial charge in [0.15, 0.2) is 5.69 Å². The summed E-state index contributed by atoms with van der Waals surface area (Å²) in [6, 6.07) is 11.5. The largest absolute Gasteiger partial charge is 0.489 e. The Morgan fingerprint density at radius 2 is 1.92 bits per heavy atom. The first-order valence-corrected chi connectivity index (χ1v) is 7.89. The Morgan fingerprint density at radius 3 is 2.65 bits per heavy atom. The maximum Gasteiger partial charge on any atom is 0.274 e. The second-order valence-electron chi connectivity index (χ2n) is 5.62. The summed E-state index contributed by atoms with van der Waals surface area (Å²) in [4.78, 5) is 12.4. The summed E-state index contributed by atoms with van der Waals surface area (Å²) in [5.41, 5.74) is 1.32. The molecule has 0 fully saturated rings. The maximum absolute atomic E-state index is 13.2. The Morgan fingerprint density at radius 1 is 1.15 bits per heavy atom. The zero-order valence-electron chi connectivity index (χ0n) is 14.0. The molecule has 1 heterocycles. The van der Waals surface area contributed by atoms with Crippen LogP contribution in [0, 0.1) is 18.6 Å². The number of hydrogen-bond acceptors (Lipinski definition) is 4. The summed E-state index contributed by atoms with van der Waals surface area (Å²) in [7, 11) is 0. The van der Waals surface area contributed by atoms with E-state index in [-0.39, 0.29) is 24.7 Å². The molecule has 0 saturated heterocycles. The molecule has 0 atom stereocenters. The van der Waals surface area contributed by atoms with Crippen molar-refractivity contribution in [3.63, 3.8) is 0 Å². The SMILES string of the molecule is Cc1onc(C(=O)NCc2ccc(F)cc2)c1COc1cccc(F)c1. The molecule has 3 aromatic rings. The van der Waals surface area contributed by atoms with Crippen molar-refractivity contribution in [2.24, 2.45) is 0 Å². The van der Waals surface area contributed by atoms with Gasteiger partial charge in [0, 0.05) is 12.6 Å². The minimum absolute atomic E-state index is 0.0120. The summed E-state index contributed by atoms with van der Waals surface area (Å²) in [6.07, 6.45) is 0. The minimum atomic E-state index is -0.441. The number of nitrogens with one attached hydrogen (secondary N) is 1. The van der Waals surface area contributed by atoms with E-state index >= 15 is 0 Å². The second kappa shape index (κ2) is 7.77. The van der Waals surface area contributed by atoms with Crippen molar-refractivity contribution in [2.45, 2.75) is 20.1 Å². The predicted octanol–water partition coefficient (Wildman–Crippen LogP) is 3.77. The Kier molecular flexibility index (Phi) is 5.26. The molecule has 0 spiro atoms. The molecule has 3 rings (SSSR count). The summed E-state index contributed by atoms with van der Waals surface area (Å²) in [6.45, 7) is 1.89. The zero-order valence-corrected chi connectivity index (χ0v) is 14.0. The molecule has 0 unspecified atom stereocenters. The fourth-order valence-electron chi connectivity index (χ4n) is 2.32. The number of ether oxygens (including phenoxy) is 1. The van der Waals surface area contributed by atoms with Crippen LogP contribution in [0.2, 0.25) is 0 Å². The molecular formula is C19H16F2N2O3. The minimum Gasteiger partial charge on any atom is -0.489 e. The van der Waals surface area contributed by atoms with Gasteiger partial charge in [-0.15, -0.1) is 0 Å². The lowest BCUT2D eigenvalue weighted by Crippen LogP contribution is -2.24. The van der Waals surface area contributed by atoms with E-state index in [1.807, 2.05) is 0 Å². The standard InChI is InChI=1S/C19H16F2N2O3/c1-12-17(11-25-16-4-2-3-15(21)9-16)18(23-26-12)19(24)22-10-13-5-7-14(20)8-6-13/h2-9H,10-11H2,1H3,(H,22,24). The first-order valence-electron chi connectivity index (χ1n) is 7.89. The fraction of sp³-hybridized carbons (Fsp3) is 0.158. The van der Waals surface area contributed by atoms with E-state index in [9.17, 15) is 13.6 Å². The van der Waals surface area contributed by atoms with Crippen LogP contribution < -0.4 is 10.1 Å². The van der Waals surface area contributed by atoms with Crippen LogP contribution in [0.25, 0.3) is 0 Å². The van der Waals surface area contributed by atoms with Crippen LogP contribution in [-0.4, -0.2) is 11.1 Å². The Hall–Kier alpha value is -3.22. The van der Waals surface area contributed by atoms with E-state index in [4.69, 9.17) is 9.26 Å². The number of aryl methyl sites for hydroxylation is 1. The number of rotatable bonds is 6. The van der Waals surface area contributed by atoms with E-state index in [0.29, 0.717) is 17.1 Å². The van der Waals surface area contributed by atoms with Crippen LogP contribution in [0.1, 0.15) is 27.4 Å². The third-order valence-corrected chi connectivity index (χ3v) is 3.75. The first kappa shape index (κ1) is 17.6. The van der Waals surface area contributed by atoms with Gasteiger partial charge in [-0.05, 0) is 36.8 Å². The van der Waals surface area contributed by atoms with Crippen LogP contribution in [0.3, 0.4) is 0 Å². The smallest absolute Gasteiger partial charge is 0.274 e. The molecule has 7 heteroatoms. The fourth-order valence-corrected chi connectivity index (χ4v) is 2.32. The zero-order chi connectivity index (χ0) is 18.5. The molecule has 0 aliphatic carbocycles. The van der Waals surface area contributed by atoms with Gasteiger partial charge < -0.3 is 14.6 Å². The van der Waals surface area contributed by atoms with Gasteiger partial charge in [-0.25, -0.2) is 8.78 Å². The molecule has 2 aromatic carbocycles. The van der Waals surface area contributed by atoms with Gasteiger partial charge in [0.2, 0.25) is 0 Å². The van der Waals surface area contributed by atoms with Gasteiger partial charge in [0.05, 0.1) is 5.56 Å². The molecule has 5 nitrogen and oxygen atoms in total. The van der Waals surface area contributed by atoms with Crippen LogP contribution in [-0.2, 0) is 13.2 Å². The molecule has 0 radical (unpaired) electrons. The molecule has 1 amide bonds. The van der Waals surface area contributed by atoms with Crippen LogP contribution in [0.15, 0.2) is 53.1 Å². The third-order valence-electron chi connectivity index (χ3n) is 3.75. The van der Waals surface area contributed by atoms with Gasteiger partial charge in [0.1, 0.15) is 29.8 Å². The quantitative estimate of drug-likeness (QED) is 0.729. The summed E-state index contributed by atoms with van der Waals surface area (Å²) in [5.74, 6) is -0.425. The van der Waals surface area contributed by atoms with Crippen LogP contribution >= 0.6 is 0 Å². The molecule has 134 valence electrons. The van der Waals surface area contributed by atoms with Crippen LogP contribution in [0.5, 0.6) is 5.75 Å². The number of halogens is 2. The van der Waals surface area contributed by atoms with E-state index in [1.165, 1.54) is 30.3 Å². The normalized spacial score (nSPS) is 10.6. The molecular weight excluding hydrogens is 342 g/mol. The van der Waals surface area contributed by atoms with Gasteiger partial charge in [0.25, 0.3) is 5.91 Å². The summed E-state index contributed by atoms with van der Waals surface area (Å²) in [5, 5.41) is 6.47.